The van der Waals surface area contributed by atoms with Gasteiger partial charge in [-0.3, -0.25) is 0 Å². The van der Waals surface area contributed by atoms with Crippen molar-refractivity contribution in [1.82, 2.24) is 0 Å². The monoisotopic (exact) mass is 182 g/mol. The molecule has 1 aromatic carbocycles. The Bertz CT molecular complexity index is 269. The van der Waals surface area contributed by atoms with Crippen molar-refractivity contribution in [2.75, 3.05) is 0 Å². The summed E-state index contributed by atoms with van der Waals surface area (Å²) in [5.74, 6) is 0.00204. The second-order valence-electron chi connectivity index (χ2n) is 2.93. The van der Waals surface area contributed by atoms with Gasteiger partial charge in [0, 0.05) is 11.1 Å². The highest BCUT2D eigenvalue weighted by Gasteiger charge is 2.07. The molecule has 13 heavy (non-hydrogen) atoms. The molecule has 0 aliphatic heterocycles. The number of phenols is 1. The van der Waals surface area contributed by atoms with Gasteiger partial charge in [-0.25, -0.2) is 0 Å². The van der Waals surface area contributed by atoms with Gasteiger partial charge < -0.3 is 15.3 Å². The van der Waals surface area contributed by atoms with E-state index in [0.29, 0.717) is 11.1 Å². The predicted octanol–water partition coefficient (Wildman–Crippen LogP) is 0.939. The van der Waals surface area contributed by atoms with E-state index >= 15 is 0 Å². The zero-order valence-corrected chi connectivity index (χ0v) is 7.62. The number of hydrogen-bond acceptors (Lipinski definition) is 3. The van der Waals surface area contributed by atoms with Gasteiger partial charge in [0.25, 0.3) is 0 Å². The quantitative estimate of drug-likeness (QED) is 0.652. The van der Waals surface area contributed by atoms with Crippen LogP contribution < -0.4 is 0 Å². The Hall–Kier alpha value is -1.06. The minimum atomic E-state index is -0.202. The summed E-state index contributed by atoms with van der Waals surface area (Å²) in [6.07, 6.45) is 0.820. The first-order valence-corrected chi connectivity index (χ1v) is 4.28. The maximum Gasteiger partial charge on any atom is 0.126 e. The van der Waals surface area contributed by atoms with E-state index in [1.54, 1.807) is 12.1 Å². The highest BCUT2D eigenvalue weighted by molar-refractivity contribution is 5.43. The zero-order chi connectivity index (χ0) is 9.84. The van der Waals surface area contributed by atoms with Crippen LogP contribution in [0.5, 0.6) is 5.75 Å². The molecular formula is C10H14O3. The van der Waals surface area contributed by atoms with E-state index in [2.05, 4.69) is 0 Å². The molecule has 1 rings (SSSR count). The maximum absolute atomic E-state index is 9.49. The molecule has 0 radical (unpaired) electrons. The average Bonchev–Trinajstić information content (AvgIpc) is 2.18. The topological polar surface area (TPSA) is 60.7 Å². The molecule has 1 aromatic rings. The summed E-state index contributed by atoms with van der Waals surface area (Å²) in [7, 11) is 0. The Morgan fingerprint density at radius 1 is 1.08 bits per heavy atom. The Labute approximate surface area is 77.3 Å². The van der Waals surface area contributed by atoms with Crippen molar-refractivity contribution in [1.29, 1.82) is 0 Å². The summed E-state index contributed by atoms with van der Waals surface area (Å²) >= 11 is 0. The Morgan fingerprint density at radius 2 is 1.54 bits per heavy atom. The van der Waals surface area contributed by atoms with Gasteiger partial charge in [0.15, 0.2) is 0 Å². The van der Waals surface area contributed by atoms with E-state index in [0.717, 1.165) is 12.0 Å². The second kappa shape index (κ2) is 4.25. The summed E-state index contributed by atoms with van der Waals surface area (Å²) < 4.78 is 0. The van der Waals surface area contributed by atoms with Crippen molar-refractivity contribution in [3.63, 3.8) is 0 Å². The third-order valence-corrected chi connectivity index (χ3v) is 2.08. The van der Waals surface area contributed by atoms with E-state index in [9.17, 15) is 5.11 Å². The van der Waals surface area contributed by atoms with Crippen LogP contribution in [0.2, 0.25) is 0 Å². The number of benzene rings is 1. The molecule has 3 N–H and O–H groups in total. The van der Waals surface area contributed by atoms with Gasteiger partial charge >= 0.3 is 0 Å². The molecule has 72 valence electrons. The number of aliphatic hydroxyl groups is 2. The first-order valence-electron chi connectivity index (χ1n) is 4.28. The van der Waals surface area contributed by atoms with Crippen molar-refractivity contribution >= 4 is 0 Å². The van der Waals surface area contributed by atoms with Gasteiger partial charge in [0.1, 0.15) is 5.75 Å². The molecule has 3 nitrogen and oxygen atoms in total. The minimum absolute atomic E-state index is 0.00204. The van der Waals surface area contributed by atoms with Crippen LogP contribution in [0.15, 0.2) is 12.1 Å². The molecule has 0 aliphatic carbocycles. The number of hydrogen-bond donors (Lipinski definition) is 3. The molecule has 0 amide bonds. The molecule has 0 aromatic heterocycles. The van der Waals surface area contributed by atoms with Crippen LogP contribution in [-0.2, 0) is 19.6 Å². The fraction of sp³-hybridized carbons (Fsp3) is 0.400. The molecule has 3 heteroatoms. The molecule has 0 heterocycles. The zero-order valence-electron chi connectivity index (χ0n) is 7.62. The smallest absolute Gasteiger partial charge is 0.126 e. The predicted molar refractivity (Wildman–Crippen MR) is 49.3 cm³/mol. The Morgan fingerprint density at radius 3 is 1.85 bits per heavy atom. The van der Waals surface area contributed by atoms with E-state index in [1.165, 1.54) is 0 Å². The normalized spacial score (nSPS) is 10.4. The van der Waals surface area contributed by atoms with Crippen molar-refractivity contribution in [2.24, 2.45) is 0 Å². The van der Waals surface area contributed by atoms with E-state index in [-0.39, 0.29) is 19.0 Å². The van der Waals surface area contributed by atoms with Gasteiger partial charge in [-0.05, 0) is 24.1 Å². The first-order chi connectivity index (χ1) is 6.22. The molecule has 0 saturated heterocycles. The van der Waals surface area contributed by atoms with Gasteiger partial charge in [-0.1, -0.05) is 6.92 Å². The number of aryl methyl sites for hydroxylation is 1. The number of aliphatic hydroxyl groups excluding tert-OH is 2. The van der Waals surface area contributed by atoms with Gasteiger partial charge in [0.2, 0.25) is 0 Å². The van der Waals surface area contributed by atoms with Crippen LogP contribution in [0.4, 0.5) is 0 Å². The lowest BCUT2D eigenvalue weighted by molar-refractivity contribution is 0.263. The molecule has 0 bridgehead atoms. The first kappa shape index (κ1) is 10.0. The number of rotatable bonds is 3. The van der Waals surface area contributed by atoms with Crippen LogP contribution in [0.25, 0.3) is 0 Å². The summed E-state index contributed by atoms with van der Waals surface area (Å²) in [6.45, 7) is 1.58. The fourth-order valence-electron chi connectivity index (χ4n) is 1.28. The van der Waals surface area contributed by atoms with Crippen LogP contribution in [0.1, 0.15) is 23.6 Å². The largest absolute Gasteiger partial charge is 0.507 e. The Kier molecular flexibility index (Phi) is 3.28. The summed E-state index contributed by atoms with van der Waals surface area (Å²) in [4.78, 5) is 0. The highest BCUT2D eigenvalue weighted by atomic mass is 16.3. The van der Waals surface area contributed by atoms with Crippen molar-refractivity contribution in [3.05, 3.63) is 28.8 Å². The third-order valence-electron chi connectivity index (χ3n) is 2.08. The minimum Gasteiger partial charge on any atom is -0.507 e. The SMILES string of the molecule is CCc1cc(CO)c(O)c(CO)c1. The molecule has 0 spiro atoms. The molecule has 0 unspecified atom stereocenters. The van der Waals surface area contributed by atoms with E-state index < -0.39 is 0 Å². The molecule has 0 fully saturated rings. The highest BCUT2D eigenvalue weighted by Crippen LogP contribution is 2.24. The molecular weight excluding hydrogens is 168 g/mol. The summed E-state index contributed by atoms with van der Waals surface area (Å²) in [6, 6.07) is 3.49. The van der Waals surface area contributed by atoms with Gasteiger partial charge in [0.05, 0.1) is 13.2 Å². The second-order valence-corrected chi connectivity index (χ2v) is 2.93. The van der Waals surface area contributed by atoms with E-state index in [1.807, 2.05) is 6.92 Å². The van der Waals surface area contributed by atoms with Crippen LogP contribution in [0.3, 0.4) is 0 Å². The molecule has 0 saturated carbocycles. The average molecular weight is 182 g/mol. The molecule has 0 atom stereocenters. The number of aromatic hydroxyl groups is 1. The lowest BCUT2D eigenvalue weighted by atomic mass is 10.0. The standard InChI is InChI=1S/C10H14O3/c1-2-7-3-8(5-11)10(13)9(4-7)6-12/h3-4,11-13H,2,5-6H2,1H3. The molecule has 0 aliphatic rings. The van der Waals surface area contributed by atoms with Gasteiger partial charge in [-0.15, -0.1) is 0 Å². The summed E-state index contributed by atoms with van der Waals surface area (Å²) in [5, 5.41) is 27.3. The van der Waals surface area contributed by atoms with Crippen molar-refractivity contribution in [3.8, 4) is 5.75 Å². The Balaban J connectivity index is 3.20. The van der Waals surface area contributed by atoms with Crippen molar-refractivity contribution < 1.29 is 15.3 Å². The van der Waals surface area contributed by atoms with Crippen LogP contribution in [-0.4, -0.2) is 15.3 Å². The van der Waals surface area contributed by atoms with Gasteiger partial charge in [-0.2, -0.15) is 0 Å². The van der Waals surface area contributed by atoms with Crippen LogP contribution >= 0.6 is 0 Å². The summed E-state index contributed by atoms with van der Waals surface area (Å²) in [5.41, 5.74) is 1.96. The lowest BCUT2D eigenvalue weighted by Gasteiger charge is -2.08. The van der Waals surface area contributed by atoms with Crippen LogP contribution in [0, 0.1) is 0 Å². The third kappa shape index (κ3) is 1.99. The maximum atomic E-state index is 9.49. The van der Waals surface area contributed by atoms with Crippen molar-refractivity contribution in [2.45, 2.75) is 26.6 Å². The van der Waals surface area contributed by atoms with E-state index in [4.69, 9.17) is 10.2 Å². The lowest BCUT2D eigenvalue weighted by Crippen LogP contribution is -1.94. The fourth-order valence-corrected chi connectivity index (χ4v) is 1.28.